The van der Waals surface area contributed by atoms with Crippen LogP contribution in [0.4, 0.5) is 5.69 Å². The maximum atomic E-state index is 12.9. The summed E-state index contributed by atoms with van der Waals surface area (Å²) in [5.74, 6) is 0.651. The summed E-state index contributed by atoms with van der Waals surface area (Å²) in [6.45, 7) is 4.92. The van der Waals surface area contributed by atoms with Crippen LogP contribution in [0.15, 0.2) is 47.1 Å². The molecule has 3 rings (SSSR count). The molecule has 0 atom stereocenters. The van der Waals surface area contributed by atoms with Crippen molar-refractivity contribution in [3.8, 4) is 5.75 Å². The van der Waals surface area contributed by atoms with Gasteiger partial charge in [-0.2, -0.15) is 0 Å². The van der Waals surface area contributed by atoms with Crippen molar-refractivity contribution in [2.75, 3.05) is 11.9 Å². The molecule has 0 aliphatic rings. The van der Waals surface area contributed by atoms with Gasteiger partial charge < -0.3 is 10.1 Å². The van der Waals surface area contributed by atoms with E-state index >= 15 is 0 Å². The lowest BCUT2D eigenvalue weighted by Gasteiger charge is -2.09. The zero-order valence-corrected chi connectivity index (χ0v) is 18.0. The van der Waals surface area contributed by atoms with Crippen LogP contribution in [0.5, 0.6) is 5.75 Å². The zero-order chi connectivity index (χ0) is 19.9. The molecular formula is C22H26BrN3O2. The number of rotatable bonds is 9. The first-order valence-electron chi connectivity index (χ1n) is 9.83. The second kappa shape index (κ2) is 9.73. The third kappa shape index (κ3) is 4.93. The molecule has 2 aromatic heterocycles. The minimum Gasteiger partial charge on any atom is -0.494 e. The van der Waals surface area contributed by atoms with E-state index < -0.39 is 0 Å². The van der Waals surface area contributed by atoms with E-state index in [-0.39, 0.29) is 5.91 Å². The summed E-state index contributed by atoms with van der Waals surface area (Å²) in [7, 11) is 0. The number of fused-ring (bicyclic) bond motifs is 1. The second-order valence-corrected chi connectivity index (χ2v) is 7.64. The third-order valence-corrected chi connectivity index (χ3v) is 5.05. The summed E-state index contributed by atoms with van der Waals surface area (Å²) in [6.07, 6.45) is 7.28. The number of carbonyl (C=O) groups excluding carboxylic acids is 1. The molecule has 1 amide bonds. The number of hydrogen-bond acceptors (Lipinski definition) is 3. The second-order valence-electron chi connectivity index (χ2n) is 6.72. The number of unbranched alkanes of at least 4 members (excludes halogenated alkanes) is 3. The Balaban J connectivity index is 1.68. The number of amides is 1. The fourth-order valence-electron chi connectivity index (χ4n) is 3.10. The van der Waals surface area contributed by atoms with Crippen LogP contribution in [0, 0.1) is 0 Å². The van der Waals surface area contributed by atoms with Crippen LogP contribution in [-0.2, 0) is 6.42 Å². The topological polar surface area (TPSA) is 55.6 Å². The smallest absolute Gasteiger partial charge is 0.274 e. The average molecular weight is 444 g/mol. The standard InChI is InChI=1S/C22H26BrN3O2/c1-3-5-6-7-14-28-18-11-9-17(10-12-18)24-22(27)21-19(4-2)25-20-13-8-16(23)15-26(20)21/h8-13,15H,3-7,14H2,1-2H3,(H,24,27). The number of ether oxygens (including phenoxy) is 1. The minimum atomic E-state index is -0.171. The Bertz CT molecular complexity index is 935. The van der Waals surface area contributed by atoms with Crippen molar-refractivity contribution in [2.45, 2.75) is 46.0 Å². The van der Waals surface area contributed by atoms with Crippen LogP contribution in [0.25, 0.3) is 5.65 Å². The highest BCUT2D eigenvalue weighted by Gasteiger charge is 2.18. The van der Waals surface area contributed by atoms with E-state index in [1.165, 1.54) is 19.3 Å². The molecule has 0 spiro atoms. The highest BCUT2D eigenvalue weighted by atomic mass is 79.9. The molecule has 0 saturated carbocycles. The number of pyridine rings is 1. The van der Waals surface area contributed by atoms with Crippen LogP contribution in [0.3, 0.4) is 0 Å². The van der Waals surface area contributed by atoms with Crippen molar-refractivity contribution in [3.05, 3.63) is 58.5 Å². The molecule has 1 N–H and O–H groups in total. The van der Waals surface area contributed by atoms with E-state index in [2.05, 4.69) is 33.2 Å². The number of imidazole rings is 1. The summed E-state index contributed by atoms with van der Waals surface area (Å²) in [4.78, 5) is 17.5. The number of hydrogen-bond donors (Lipinski definition) is 1. The highest BCUT2D eigenvalue weighted by Crippen LogP contribution is 2.21. The van der Waals surface area contributed by atoms with E-state index in [0.717, 1.165) is 40.3 Å². The SMILES string of the molecule is CCCCCCOc1ccc(NC(=O)c2c(CC)nc3ccc(Br)cn23)cc1. The van der Waals surface area contributed by atoms with Gasteiger partial charge in [-0.05, 0) is 65.2 Å². The first-order chi connectivity index (χ1) is 13.6. The van der Waals surface area contributed by atoms with Crippen LogP contribution in [-0.4, -0.2) is 21.9 Å². The van der Waals surface area contributed by atoms with E-state index in [1.807, 2.05) is 53.9 Å². The summed E-state index contributed by atoms with van der Waals surface area (Å²) in [5, 5.41) is 2.97. The number of nitrogens with zero attached hydrogens (tertiary/aromatic N) is 2. The maximum Gasteiger partial charge on any atom is 0.274 e. The summed E-state index contributed by atoms with van der Waals surface area (Å²) in [6, 6.07) is 11.3. The normalized spacial score (nSPS) is 11.0. The number of nitrogens with one attached hydrogen (secondary N) is 1. The van der Waals surface area contributed by atoms with Gasteiger partial charge in [0, 0.05) is 16.4 Å². The Morgan fingerprint density at radius 1 is 1.11 bits per heavy atom. The molecular weight excluding hydrogens is 418 g/mol. The van der Waals surface area contributed by atoms with Crippen molar-refractivity contribution in [3.63, 3.8) is 0 Å². The van der Waals surface area contributed by atoms with Crippen LogP contribution < -0.4 is 10.1 Å². The van der Waals surface area contributed by atoms with Gasteiger partial charge in [-0.25, -0.2) is 4.98 Å². The van der Waals surface area contributed by atoms with Crippen molar-refractivity contribution in [1.82, 2.24) is 9.38 Å². The quantitative estimate of drug-likeness (QED) is 0.420. The lowest BCUT2D eigenvalue weighted by Crippen LogP contribution is -2.16. The van der Waals surface area contributed by atoms with Crippen molar-refractivity contribution < 1.29 is 9.53 Å². The van der Waals surface area contributed by atoms with Crippen LogP contribution in [0.2, 0.25) is 0 Å². The largest absolute Gasteiger partial charge is 0.494 e. The number of carbonyl (C=O) groups is 1. The first-order valence-corrected chi connectivity index (χ1v) is 10.6. The fourth-order valence-corrected chi connectivity index (χ4v) is 3.43. The molecule has 1 aromatic carbocycles. The molecule has 0 fully saturated rings. The van der Waals surface area contributed by atoms with E-state index in [1.54, 1.807) is 0 Å². The lowest BCUT2D eigenvalue weighted by atomic mass is 10.2. The Labute approximate surface area is 174 Å². The summed E-state index contributed by atoms with van der Waals surface area (Å²) < 4.78 is 8.48. The Hall–Kier alpha value is -2.34. The molecule has 0 bridgehead atoms. The number of halogens is 1. The van der Waals surface area contributed by atoms with Crippen LogP contribution in [0.1, 0.15) is 55.7 Å². The molecule has 2 heterocycles. The van der Waals surface area contributed by atoms with Gasteiger partial charge >= 0.3 is 0 Å². The van der Waals surface area contributed by atoms with Crippen LogP contribution >= 0.6 is 15.9 Å². The summed E-state index contributed by atoms with van der Waals surface area (Å²) in [5.41, 5.74) is 2.84. The first kappa shape index (κ1) is 20.4. The summed E-state index contributed by atoms with van der Waals surface area (Å²) >= 11 is 3.46. The van der Waals surface area contributed by atoms with Gasteiger partial charge in [0.2, 0.25) is 0 Å². The van der Waals surface area contributed by atoms with E-state index in [0.29, 0.717) is 12.1 Å². The predicted octanol–water partition coefficient (Wildman–Crippen LogP) is 5.87. The van der Waals surface area contributed by atoms with Gasteiger partial charge in [-0.1, -0.05) is 33.1 Å². The fraction of sp³-hybridized carbons (Fsp3) is 0.364. The maximum absolute atomic E-state index is 12.9. The lowest BCUT2D eigenvalue weighted by molar-refractivity contribution is 0.102. The average Bonchev–Trinajstić information content (AvgIpc) is 3.07. The molecule has 5 nitrogen and oxygen atoms in total. The number of benzene rings is 1. The van der Waals surface area contributed by atoms with Gasteiger partial charge in [-0.3, -0.25) is 9.20 Å². The molecule has 148 valence electrons. The number of aromatic nitrogens is 2. The van der Waals surface area contributed by atoms with Gasteiger partial charge in [0.1, 0.15) is 17.1 Å². The predicted molar refractivity (Wildman–Crippen MR) is 116 cm³/mol. The molecule has 28 heavy (non-hydrogen) atoms. The number of aryl methyl sites for hydroxylation is 1. The molecule has 0 aliphatic carbocycles. The Kier molecular flexibility index (Phi) is 7.09. The van der Waals surface area contributed by atoms with Gasteiger partial charge in [-0.15, -0.1) is 0 Å². The highest BCUT2D eigenvalue weighted by molar-refractivity contribution is 9.10. The number of anilines is 1. The van der Waals surface area contributed by atoms with Crippen molar-refractivity contribution in [2.24, 2.45) is 0 Å². The molecule has 0 saturated heterocycles. The zero-order valence-electron chi connectivity index (χ0n) is 16.4. The Morgan fingerprint density at radius 3 is 2.61 bits per heavy atom. The minimum absolute atomic E-state index is 0.171. The molecule has 0 radical (unpaired) electrons. The van der Waals surface area contributed by atoms with Gasteiger partial charge in [0.05, 0.1) is 12.3 Å². The molecule has 6 heteroatoms. The Morgan fingerprint density at radius 2 is 1.89 bits per heavy atom. The van der Waals surface area contributed by atoms with Gasteiger partial charge in [0.15, 0.2) is 0 Å². The van der Waals surface area contributed by atoms with E-state index in [4.69, 9.17) is 4.74 Å². The molecule has 0 unspecified atom stereocenters. The molecule has 3 aromatic rings. The third-order valence-electron chi connectivity index (χ3n) is 4.58. The van der Waals surface area contributed by atoms with E-state index in [9.17, 15) is 4.79 Å². The van der Waals surface area contributed by atoms with Crippen molar-refractivity contribution in [1.29, 1.82) is 0 Å². The van der Waals surface area contributed by atoms with Crippen molar-refractivity contribution >= 4 is 33.2 Å². The monoisotopic (exact) mass is 443 g/mol. The molecule has 0 aliphatic heterocycles. The van der Waals surface area contributed by atoms with Gasteiger partial charge in [0.25, 0.3) is 5.91 Å².